The van der Waals surface area contributed by atoms with E-state index in [0.717, 1.165) is 24.6 Å². The van der Waals surface area contributed by atoms with Crippen LogP contribution >= 0.6 is 11.3 Å². The number of nitrogens with two attached hydrogens (primary N) is 1. The van der Waals surface area contributed by atoms with Crippen LogP contribution in [0.4, 0.5) is 10.7 Å². The molecule has 0 bridgehead atoms. The van der Waals surface area contributed by atoms with Gasteiger partial charge in [0.15, 0.2) is 0 Å². The van der Waals surface area contributed by atoms with Gasteiger partial charge in [0, 0.05) is 34.4 Å². The number of anilines is 2. The average Bonchev–Trinajstić information content (AvgIpc) is 2.65. The quantitative estimate of drug-likeness (QED) is 0.758. The molecule has 0 aliphatic carbocycles. The van der Waals surface area contributed by atoms with Crippen molar-refractivity contribution in [2.45, 2.75) is 6.42 Å². The Bertz CT molecular complexity index is 377. The highest BCUT2D eigenvalue weighted by Gasteiger charge is 2.15. The number of ether oxygens (including phenoxy) is 1. The van der Waals surface area contributed by atoms with Gasteiger partial charge in [-0.15, -0.1) is 11.3 Å². The number of thiophene rings is 1. The number of carbonyl (C=O) groups excluding carboxylic acids is 1. The minimum atomic E-state index is -0.0579. The molecule has 17 heavy (non-hydrogen) atoms. The summed E-state index contributed by atoms with van der Waals surface area (Å²) in [5, 5.41) is 4.14. The van der Waals surface area contributed by atoms with Crippen LogP contribution in [0.2, 0.25) is 0 Å². The van der Waals surface area contributed by atoms with Crippen molar-refractivity contribution in [3.05, 3.63) is 10.9 Å². The predicted molar refractivity (Wildman–Crippen MR) is 71.7 cm³/mol. The zero-order chi connectivity index (χ0) is 12.8. The molecule has 1 heterocycles. The Kier molecular flexibility index (Phi) is 5.24. The maximum atomic E-state index is 11.8. The molecule has 1 amide bonds. The van der Waals surface area contributed by atoms with E-state index in [1.54, 1.807) is 27.3 Å². The summed E-state index contributed by atoms with van der Waals surface area (Å²) in [6.07, 6.45) is 0.922. The zero-order valence-electron chi connectivity index (χ0n) is 10.4. The summed E-state index contributed by atoms with van der Waals surface area (Å²) >= 11 is 1.39. The third-order valence-corrected chi connectivity index (χ3v) is 3.28. The van der Waals surface area contributed by atoms with E-state index in [2.05, 4.69) is 5.32 Å². The highest BCUT2D eigenvalue weighted by molar-refractivity contribution is 7.18. The SMILES string of the molecule is COCCCNc1cc(N)c(C(=O)N(C)C)s1. The summed E-state index contributed by atoms with van der Waals surface area (Å²) in [6.45, 7) is 1.53. The van der Waals surface area contributed by atoms with E-state index in [-0.39, 0.29) is 5.91 Å². The average molecular weight is 257 g/mol. The Balaban J connectivity index is 2.59. The molecule has 0 aliphatic heterocycles. The lowest BCUT2D eigenvalue weighted by Gasteiger charge is -2.08. The van der Waals surface area contributed by atoms with Crippen LogP contribution in [0.5, 0.6) is 0 Å². The molecule has 96 valence electrons. The largest absolute Gasteiger partial charge is 0.397 e. The summed E-state index contributed by atoms with van der Waals surface area (Å²) in [7, 11) is 5.11. The molecule has 1 rings (SSSR count). The van der Waals surface area contributed by atoms with Crippen molar-refractivity contribution >= 4 is 27.9 Å². The lowest BCUT2D eigenvalue weighted by molar-refractivity contribution is 0.0833. The van der Waals surface area contributed by atoms with Gasteiger partial charge < -0.3 is 20.7 Å². The van der Waals surface area contributed by atoms with E-state index >= 15 is 0 Å². The molecule has 0 radical (unpaired) electrons. The van der Waals surface area contributed by atoms with Gasteiger partial charge >= 0.3 is 0 Å². The number of rotatable bonds is 6. The van der Waals surface area contributed by atoms with Crippen LogP contribution in [0.3, 0.4) is 0 Å². The smallest absolute Gasteiger partial charge is 0.265 e. The summed E-state index contributed by atoms with van der Waals surface area (Å²) in [5.41, 5.74) is 6.34. The normalized spacial score (nSPS) is 10.3. The standard InChI is InChI=1S/C11H19N3O2S/c1-14(2)11(15)10-8(12)7-9(17-10)13-5-4-6-16-3/h7,13H,4-6,12H2,1-3H3. The first-order valence-corrected chi connectivity index (χ1v) is 6.21. The summed E-state index contributed by atoms with van der Waals surface area (Å²) in [6, 6.07) is 1.80. The fraction of sp³-hybridized carbons (Fsp3) is 0.545. The number of hydrogen-bond acceptors (Lipinski definition) is 5. The van der Waals surface area contributed by atoms with Crippen molar-refractivity contribution in [1.29, 1.82) is 0 Å². The van der Waals surface area contributed by atoms with E-state index in [0.29, 0.717) is 10.6 Å². The van der Waals surface area contributed by atoms with Crippen LogP contribution in [0.1, 0.15) is 16.1 Å². The van der Waals surface area contributed by atoms with Crippen LogP contribution in [0.15, 0.2) is 6.07 Å². The van der Waals surface area contributed by atoms with Gasteiger partial charge in [0.05, 0.1) is 10.7 Å². The molecule has 0 unspecified atom stereocenters. The maximum absolute atomic E-state index is 11.8. The number of hydrogen-bond donors (Lipinski definition) is 2. The zero-order valence-corrected chi connectivity index (χ0v) is 11.3. The fourth-order valence-corrected chi connectivity index (χ4v) is 2.32. The van der Waals surface area contributed by atoms with E-state index in [1.165, 1.54) is 16.2 Å². The van der Waals surface area contributed by atoms with Gasteiger partial charge in [-0.1, -0.05) is 0 Å². The van der Waals surface area contributed by atoms with E-state index in [1.807, 2.05) is 0 Å². The second kappa shape index (κ2) is 6.46. The van der Waals surface area contributed by atoms with Gasteiger partial charge in [0.2, 0.25) is 0 Å². The molecule has 3 N–H and O–H groups in total. The molecule has 0 saturated heterocycles. The molecule has 0 aromatic carbocycles. The van der Waals surface area contributed by atoms with Gasteiger partial charge in [-0.05, 0) is 12.5 Å². The Hall–Kier alpha value is -1.27. The maximum Gasteiger partial charge on any atom is 0.265 e. The third-order valence-electron chi connectivity index (χ3n) is 2.19. The fourth-order valence-electron chi connectivity index (χ4n) is 1.29. The Morgan fingerprint density at radius 1 is 1.59 bits per heavy atom. The van der Waals surface area contributed by atoms with Crippen LogP contribution < -0.4 is 11.1 Å². The Morgan fingerprint density at radius 3 is 2.88 bits per heavy atom. The number of nitrogens with zero attached hydrogens (tertiary/aromatic N) is 1. The highest BCUT2D eigenvalue weighted by Crippen LogP contribution is 2.29. The minimum absolute atomic E-state index is 0.0579. The molecule has 0 aliphatic rings. The van der Waals surface area contributed by atoms with E-state index in [4.69, 9.17) is 10.5 Å². The van der Waals surface area contributed by atoms with Crippen LogP contribution in [-0.4, -0.2) is 45.2 Å². The lowest BCUT2D eigenvalue weighted by atomic mass is 10.3. The number of methoxy groups -OCH3 is 1. The van der Waals surface area contributed by atoms with Gasteiger partial charge in [-0.25, -0.2) is 0 Å². The van der Waals surface area contributed by atoms with Crippen molar-refractivity contribution < 1.29 is 9.53 Å². The summed E-state index contributed by atoms with van der Waals surface area (Å²) in [5.74, 6) is -0.0579. The van der Waals surface area contributed by atoms with Gasteiger partial charge in [-0.3, -0.25) is 4.79 Å². The first kappa shape index (κ1) is 13.8. The first-order chi connectivity index (χ1) is 8.06. The van der Waals surface area contributed by atoms with Crippen molar-refractivity contribution in [1.82, 2.24) is 4.90 Å². The van der Waals surface area contributed by atoms with Gasteiger partial charge in [0.25, 0.3) is 5.91 Å². The Labute approximate surface area is 106 Å². The van der Waals surface area contributed by atoms with Gasteiger partial charge in [0.1, 0.15) is 4.88 Å². The van der Waals surface area contributed by atoms with Gasteiger partial charge in [-0.2, -0.15) is 0 Å². The molecule has 0 spiro atoms. The number of nitrogens with one attached hydrogen (secondary N) is 1. The van der Waals surface area contributed by atoms with Crippen molar-refractivity contribution in [2.24, 2.45) is 0 Å². The first-order valence-electron chi connectivity index (χ1n) is 5.40. The predicted octanol–water partition coefficient (Wildman–Crippen LogP) is 1.48. The number of amides is 1. The monoisotopic (exact) mass is 257 g/mol. The highest BCUT2D eigenvalue weighted by atomic mass is 32.1. The molecule has 1 aromatic heterocycles. The number of carbonyl (C=O) groups is 1. The topological polar surface area (TPSA) is 67.6 Å². The minimum Gasteiger partial charge on any atom is -0.397 e. The number of nitrogen functional groups attached to an aromatic ring is 1. The molecule has 1 aromatic rings. The van der Waals surface area contributed by atoms with Crippen molar-refractivity contribution in [2.75, 3.05) is 45.4 Å². The molecular formula is C11H19N3O2S. The lowest BCUT2D eigenvalue weighted by Crippen LogP contribution is -2.21. The van der Waals surface area contributed by atoms with Crippen LogP contribution in [-0.2, 0) is 4.74 Å². The molecule has 0 saturated carbocycles. The van der Waals surface area contributed by atoms with Crippen LogP contribution in [0.25, 0.3) is 0 Å². The van der Waals surface area contributed by atoms with E-state index < -0.39 is 0 Å². The van der Waals surface area contributed by atoms with Crippen molar-refractivity contribution in [3.63, 3.8) is 0 Å². The molecule has 5 nitrogen and oxygen atoms in total. The molecule has 0 atom stereocenters. The second-order valence-corrected chi connectivity index (χ2v) is 4.92. The third kappa shape index (κ3) is 3.90. The molecule has 0 fully saturated rings. The van der Waals surface area contributed by atoms with Crippen LogP contribution in [0, 0.1) is 0 Å². The summed E-state index contributed by atoms with van der Waals surface area (Å²) < 4.78 is 4.96. The second-order valence-electron chi connectivity index (χ2n) is 3.87. The Morgan fingerprint density at radius 2 is 2.29 bits per heavy atom. The molecule has 6 heteroatoms. The van der Waals surface area contributed by atoms with E-state index in [9.17, 15) is 4.79 Å². The summed E-state index contributed by atoms with van der Waals surface area (Å²) in [4.78, 5) is 13.9. The molecular weight excluding hydrogens is 238 g/mol. The van der Waals surface area contributed by atoms with Crippen molar-refractivity contribution in [3.8, 4) is 0 Å².